The van der Waals surface area contributed by atoms with Crippen LogP contribution in [0.5, 0.6) is 0 Å². The first-order valence-corrected chi connectivity index (χ1v) is 8.79. The van der Waals surface area contributed by atoms with E-state index in [0.717, 1.165) is 24.9 Å². The van der Waals surface area contributed by atoms with Crippen LogP contribution in [0.25, 0.3) is 0 Å². The molecule has 0 bridgehead atoms. The summed E-state index contributed by atoms with van der Waals surface area (Å²) in [5.41, 5.74) is 1.31. The average Bonchev–Trinajstić information content (AvgIpc) is 2.59. The van der Waals surface area contributed by atoms with E-state index in [9.17, 15) is 9.59 Å². The van der Waals surface area contributed by atoms with E-state index < -0.39 is 5.54 Å². The quantitative estimate of drug-likeness (QED) is 0.863. The lowest BCUT2D eigenvalue weighted by Crippen LogP contribution is -2.65. The number of piperidine rings is 1. The SMILES string of the molecule is Cc1cccc(C(=O)N2CCCC([C@]3(C)CC(=O)N(C)C(=N)N3)C2)c1. The zero-order valence-corrected chi connectivity index (χ0v) is 15.1. The highest BCUT2D eigenvalue weighted by atomic mass is 16.2. The number of benzene rings is 1. The van der Waals surface area contributed by atoms with Gasteiger partial charge in [0.15, 0.2) is 5.96 Å². The molecule has 1 aromatic rings. The Labute approximate surface area is 148 Å². The number of hydrogen-bond donors (Lipinski definition) is 2. The van der Waals surface area contributed by atoms with E-state index in [4.69, 9.17) is 5.41 Å². The number of rotatable bonds is 2. The molecule has 2 fully saturated rings. The first kappa shape index (κ1) is 17.5. The van der Waals surface area contributed by atoms with Crippen LogP contribution in [0.3, 0.4) is 0 Å². The van der Waals surface area contributed by atoms with Crippen molar-refractivity contribution in [1.82, 2.24) is 15.1 Å². The summed E-state index contributed by atoms with van der Waals surface area (Å²) in [6, 6.07) is 7.66. The maximum absolute atomic E-state index is 12.9. The first-order chi connectivity index (χ1) is 11.8. The molecule has 1 aromatic carbocycles. The van der Waals surface area contributed by atoms with Crippen molar-refractivity contribution in [3.05, 3.63) is 35.4 Å². The van der Waals surface area contributed by atoms with Crippen molar-refractivity contribution in [3.63, 3.8) is 0 Å². The minimum Gasteiger partial charge on any atom is -0.350 e. The van der Waals surface area contributed by atoms with Crippen molar-refractivity contribution in [2.75, 3.05) is 20.1 Å². The smallest absolute Gasteiger partial charge is 0.253 e. The van der Waals surface area contributed by atoms with E-state index in [2.05, 4.69) is 5.32 Å². The molecule has 0 radical (unpaired) electrons. The lowest BCUT2D eigenvalue weighted by molar-refractivity contribution is -0.130. The Morgan fingerprint density at radius 3 is 2.84 bits per heavy atom. The van der Waals surface area contributed by atoms with E-state index in [0.29, 0.717) is 18.5 Å². The Morgan fingerprint density at radius 2 is 2.16 bits per heavy atom. The molecule has 0 spiro atoms. The van der Waals surface area contributed by atoms with Gasteiger partial charge in [-0.25, -0.2) is 0 Å². The third kappa shape index (κ3) is 3.38. The van der Waals surface area contributed by atoms with Crippen molar-refractivity contribution in [2.24, 2.45) is 5.92 Å². The topological polar surface area (TPSA) is 76.5 Å². The molecule has 1 unspecified atom stereocenters. The number of likely N-dealkylation sites (tertiary alicyclic amines) is 1. The van der Waals surface area contributed by atoms with E-state index in [1.165, 1.54) is 4.90 Å². The fourth-order valence-corrected chi connectivity index (χ4v) is 3.84. The van der Waals surface area contributed by atoms with Gasteiger partial charge in [0.1, 0.15) is 0 Å². The Hall–Kier alpha value is -2.37. The number of amides is 2. The van der Waals surface area contributed by atoms with Crippen molar-refractivity contribution >= 4 is 17.8 Å². The summed E-state index contributed by atoms with van der Waals surface area (Å²) in [7, 11) is 1.62. The van der Waals surface area contributed by atoms with Gasteiger partial charge in [-0.15, -0.1) is 0 Å². The second kappa shape index (κ2) is 6.50. The fourth-order valence-electron chi connectivity index (χ4n) is 3.84. The molecule has 2 N–H and O–H groups in total. The summed E-state index contributed by atoms with van der Waals surface area (Å²) >= 11 is 0. The molecular weight excluding hydrogens is 316 g/mol. The van der Waals surface area contributed by atoms with Crippen molar-refractivity contribution in [1.29, 1.82) is 5.41 Å². The maximum Gasteiger partial charge on any atom is 0.253 e. The number of carbonyl (C=O) groups is 2. The van der Waals surface area contributed by atoms with Gasteiger partial charge >= 0.3 is 0 Å². The second-order valence-corrected chi connectivity index (χ2v) is 7.48. The summed E-state index contributed by atoms with van der Waals surface area (Å²) in [6.45, 7) is 5.33. The lowest BCUT2D eigenvalue weighted by Gasteiger charge is -2.47. The van der Waals surface area contributed by atoms with Crippen LogP contribution in [0.2, 0.25) is 0 Å². The van der Waals surface area contributed by atoms with Crippen LogP contribution in [-0.2, 0) is 4.79 Å². The zero-order valence-electron chi connectivity index (χ0n) is 15.1. The van der Waals surface area contributed by atoms with Crippen LogP contribution in [-0.4, -0.2) is 53.2 Å². The van der Waals surface area contributed by atoms with Crippen molar-refractivity contribution in [3.8, 4) is 0 Å². The molecule has 2 heterocycles. The van der Waals surface area contributed by atoms with Crippen LogP contribution < -0.4 is 5.32 Å². The maximum atomic E-state index is 12.9. The van der Waals surface area contributed by atoms with Crippen LogP contribution >= 0.6 is 0 Å². The van der Waals surface area contributed by atoms with Crippen molar-refractivity contribution in [2.45, 2.75) is 38.6 Å². The van der Waals surface area contributed by atoms with Gasteiger partial charge in [-0.05, 0) is 44.7 Å². The standard InChI is InChI=1S/C19H26N4O2/c1-13-6-4-7-14(10-13)17(25)23-9-5-8-15(12-23)19(2)11-16(24)22(3)18(20)21-19/h4,6-7,10,15H,5,8-9,11-12H2,1-3H3,(H2,20,21)/t15?,19-/m0/s1. The highest BCUT2D eigenvalue weighted by Gasteiger charge is 2.44. The van der Waals surface area contributed by atoms with Crippen LogP contribution in [0, 0.1) is 18.3 Å². The van der Waals surface area contributed by atoms with Gasteiger partial charge in [0.2, 0.25) is 5.91 Å². The van der Waals surface area contributed by atoms with Gasteiger partial charge in [-0.3, -0.25) is 19.9 Å². The predicted octanol–water partition coefficient (Wildman–Crippen LogP) is 1.99. The number of nitrogens with zero attached hydrogens (tertiary/aromatic N) is 2. The van der Waals surface area contributed by atoms with E-state index in [-0.39, 0.29) is 23.7 Å². The number of hydrogen-bond acceptors (Lipinski definition) is 3. The minimum absolute atomic E-state index is 0.0475. The molecule has 6 heteroatoms. The molecule has 0 saturated carbocycles. The summed E-state index contributed by atoms with van der Waals surface area (Å²) in [4.78, 5) is 28.3. The third-order valence-corrected chi connectivity index (χ3v) is 5.51. The molecule has 0 aliphatic carbocycles. The summed E-state index contributed by atoms with van der Waals surface area (Å²) in [5, 5.41) is 11.2. The van der Waals surface area contributed by atoms with E-state index in [1.54, 1.807) is 7.05 Å². The number of aryl methyl sites for hydroxylation is 1. The van der Waals surface area contributed by atoms with Gasteiger partial charge in [0.05, 0.1) is 12.0 Å². The Morgan fingerprint density at radius 1 is 1.40 bits per heavy atom. The lowest BCUT2D eigenvalue weighted by atomic mass is 9.76. The van der Waals surface area contributed by atoms with E-state index >= 15 is 0 Å². The first-order valence-electron chi connectivity index (χ1n) is 8.79. The van der Waals surface area contributed by atoms with Gasteiger partial charge in [-0.2, -0.15) is 0 Å². The molecule has 2 saturated heterocycles. The molecule has 25 heavy (non-hydrogen) atoms. The summed E-state index contributed by atoms with van der Waals surface area (Å²) in [5.74, 6) is 0.286. The van der Waals surface area contributed by atoms with Gasteiger partial charge in [0, 0.05) is 25.7 Å². The van der Waals surface area contributed by atoms with Gasteiger partial charge in [-0.1, -0.05) is 17.7 Å². The van der Waals surface area contributed by atoms with Crippen LogP contribution in [0.4, 0.5) is 0 Å². The van der Waals surface area contributed by atoms with Gasteiger partial charge < -0.3 is 10.2 Å². The highest BCUT2D eigenvalue weighted by molar-refractivity contribution is 5.99. The summed E-state index contributed by atoms with van der Waals surface area (Å²) in [6.07, 6.45) is 2.21. The highest BCUT2D eigenvalue weighted by Crippen LogP contribution is 2.33. The molecule has 6 nitrogen and oxygen atoms in total. The molecule has 2 aliphatic rings. The molecule has 3 rings (SSSR count). The molecule has 2 amide bonds. The molecular formula is C19H26N4O2. The van der Waals surface area contributed by atoms with Crippen LogP contribution in [0.1, 0.15) is 42.1 Å². The monoisotopic (exact) mass is 342 g/mol. The van der Waals surface area contributed by atoms with Gasteiger partial charge in [0.25, 0.3) is 5.91 Å². The Kier molecular flexibility index (Phi) is 4.54. The Balaban J connectivity index is 1.76. The molecule has 0 aromatic heterocycles. The van der Waals surface area contributed by atoms with Crippen LogP contribution in [0.15, 0.2) is 24.3 Å². The second-order valence-electron chi connectivity index (χ2n) is 7.48. The number of carbonyl (C=O) groups excluding carboxylic acids is 2. The molecule has 2 atom stereocenters. The molecule has 2 aliphatic heterocycles. The average molecular weight is 342 g/mol. The normalized spacial score (nSPS) is 27.2. The predicted molar refractivity (Wildman–Crippen MR) is 96.5 cm³/mol. The Bertz CT molecular complexity index is 697. The third-order valence-electron chi connectivity index (χ3n) is 5.51. The molecule has 134 valence electrons. The van der Waals surface area contributed by atoms with E-state index in [1.807, 2.05) is 43.0 Å². The number of guanidine groups is 1. The largest absolute Gasteiger partial charge is 0.350 e. The summed E-state index contributed by atoms with van der Waals surface area (Å²) < 4.78 is 0. The minimum atomic E-state index is -0.480. The fraction of sp³-hybridized carbons (Fsp3) is 0.526. The van der Waals surface area contributed by atoms with Crippen molar-refractivity contribution < 1.29 is 9.59 Å². The number of nitrogens with one attached hydrogen (secondary N) is 2. The zero-order chi connectivity index (χ0) is 18.2.